The van der Waals surface area contributed by atoms with E-state index in [9.17, 15) is 9.18 Å². The van der Waals surface area contributed by atoms with Crippen LogP contribution in [0.4, 0.5) is 4.39 Å². The third-order valence-electron chi connectivity index (χ3n) is 5.18. The lowest BCUT2D eigenvalue weighted by Crippen LogP contribution is -2.51. The molecular weight excluding hydrogens is 321 g/mol. The monoisotopic (exact) mass is 341 g/mol. The molecule has 0 radical (unpaired) electrons. The largest absolute Gasteiger partial charge is 0.489 e. The number of halogens is 1. The number of fused-ring (bicyclic) bond motifs is 1. The highest BCUT2D eigenvalue weighted by Gasteiger charge is 2.39. The molecule has 2 aliphatic rings. The highest BCUT2D eigenvalue weighted by Crippen LogP contribution is 2.40. The zero-order chi connectivity index (χ0) is 17.4. The summed E-state index contributed by atoms with van der Waals surface area (Å²) in [6, 6.07) is 12.8. The predicted octanol–water partition coefficient (Wildman–Crippen LogP) is 3.41. The van der Waals surface area contributed by atoms with Gasteiger partial charge in [0.15, 0.2) is 0 Å². The number of hydrogen-bond donors (Lipinski definition) is 1. The van der Waals surface area contributed by atoms with Crippen molar-refractivity contribution in [3.63, 3.8) is 0 Å². The number of carboxylic acids is 1. The van der Waals surface area contributed by atoms with E-state index in [1.165, 1.54) is 23.3 Å². The van der Waals surface area contributed by atoms with Crippen LogP contribution in [0.1, 0.15) is 29.2 Å². The molecule has 1 atom stereocenters. The maximum atomic E-state index is 12.9. The SMILES string of the molecule is O=C(O)C1CN(C2CCc3cc(OCc4ccc(F)cc4)ccc32)C1. The summed E-state index contributed by atoms with van der Waals surface area (Å²) in [4.78, 5) is 13.2. The van der Waals surface area contributed by atoms with E-state index >= 15 is 0 Å². The molecule has 4 rings (SSSR count). The first-order valence-corrected chi connectivity index (χ1v) is 8.57. The Kier molecular flexibility index (Phi) is 4.17. The Morgan fingerprint density at radius 3 is 2.68 bits per heavy atom. The molecule has 1 aliphatic heterocycles. The van der Waals surface area contributed by atoms with Gasteiger partial charge in [0.25, 0.3) is 0 Å². The van der Waals surface area contributed by atoms with Crippen LogP contribution in [-0.4, -0.2) is 29.1 Å². The Bertz CT molecular complexity index is 784. The second-order valence-corrected chi connectivity index (χ2v) is 6.82. The molecule has 5 heteroatoms. The van der Waals surface area contributed by atoms with Gasteiger partial charge in [-0.25, -0.2) is 4.39 Å². The van der Waals surface area contributed by atoms with Crippen molar-refractivity contribution in [2.45, 2.75) is 25.5 Å². The normalized spacial score (nSPS) is 20.1. The van der Waals surface area contributed by atoms with Crippen molar-refractivity contribution in [2.75, 3.05) is 13.1 Å². The van der Waals surface area contributed by atoms with Gasteiger partial charge in [0, 0.05) is 19.1 Å². The Balaban J connectivity index is 1.39. The summed E-state index contributed by atoms with van der Waals surface area (Å²) in [6.45, 7) is 1.69. The minimum absolute atomic E-state index is 0.220. The minimum Gasteiger partial charge on any atom is -0.489 e. The number of nitrogens with zero attached hydrogens (tertiary/aromatic N) is 1. The third kappa shape index (κ3) is 3.24. The molecule has 25 heavy (non-hydrogen) atoms. The van der Waals surface area contributed by atoms with E-state index in [1.807, 2.05) is 6.07 Å². The van der Waals surface area contributed by atoms with Crippen LogP contribution in [0.3, 0.4) is 0 Å². The summed E-state index contributed by atoms with van der Waals surface area (Å²) in [5.41, 5.74) is 3.50. The van der Waals surface area contributed by atoms with Gasteiger partial charge in [-0.15, -0.1) is 0 Å². The first-order valence-electron chi connectivity index (χ1n) is 8.57. The molecule has 0 amide bonds. The number of likely N-dealkylation sites (tertiary alicyclic amines) is 1. The Morgan fingerprint density at radius 1 is 1.20 bits per heavy atom. The molecule has 0 bridgehead atoms. The molecule has 1 aliphatic carbocycles. The number of benzene rings is 2. The molecule has 1 saturated heterocycles. The van der Waals surface area contributed by atoms with Gasteiger partial charge in [-0.1, -0.05) is 18.2 Å². The van der Waals surface area contributed by atoms with Crippen LogP contribution in [0.25, 0.3) is 0 Å². The van der Waals surface area contributed by atoms with Crippen molar-refractivity contribution in [3.05, 3.63) is 65.0 Å². The number of ether oxygens (including phenoxy) is 1. The van der Waals surface area contributed by atoms with Crippen molar-refractivity contribution in [1.29, 1.82) is 0 Å². The van der Waals surface area contributed by atoms with Crippen LogP contribution in [0, 0.1) is 11.7 Å². The van der Waals surface area contributed by atoms with Gasteiger partial charge in [0.05, 0.1) is 5.92 Å². The van der Waals surface area contributed by atoms with Crippen LogP contribution in [-0.2, 0) is 17.8 Å². The molecule has 1 heterocycles. The average molecular weight is 341 g/mol. The fourth-order valence-electron chi connectivity index (χ4n) is 3.71. The van der Waals surface area contributed by atoms with Crippen LogP contribution >= 0.6 is 0 Å². The molecule has 4 nitrogen and oxygen atoms in total. The molecule has 2 aromatic carbocycles. The fraction of sp³-hybridized carbons (Fsp3) is 0.350. The molecular formula is C20H20FNO3. The van der Waals surface area contributed by atoms with Crippen molar-refractivity contribution in [2.24, 2.45) is 5.92 Å². The number of carbonyl (C=O) groups is 1. The molecule has 0 spiro atoms. The molecule has 130 valence electrons. The quantitative estimate of drug-likeness (QED) is 0.905. The highest BCUT2D eigenvalue weighted by molar-refractivity contribution is 5.71. The zero-order valence-electron chi connectivity index (χ0n) is 13.8. The number of carboxylic acid groups (broad SMARTS) is 1. The van der Waals surface area contributed by atoms with Gasteiger partial charge in [0.1, 0.15) is 18.2 Å². The second kappa shape index (κ2) is 6.48. The molecule has 1 fully saturated rings. The summed E-state index contributed by atoms with van der Waals surface area (Å²) in [6.07, 6.45) is 2.02. The summed E-state index contributed by atoms with van der Waals surface area (Å²) in [5.74, 6) is -0.347. The fourth-order valence-corrected chi connectivity index (χ4v) is 3.71. The maximum Gasteiger partial charge on any atom is 0.309 e. The molecule has 2 aromatic rings. The predicted molar refractivity (Wildman–Crippen MR) is 90.9 cm³/mol. The van der Waals surface area contributed by atoms with E-state index in [2.05, 4.69) is 17.0 Å². The highest BCUT2D eigenvalue weighted by atomic mass is 19.1. The van der Waals surface area contributed by atoms with E-state index < -0.39 is 5.97 Å². The smallest absolute Gasteiger partial charge is 0.309 e. The van der Waals surface area contributed by atoms with Gasteiger partial charge < -0.3 is 9.84 Å². The second-order valence-electron chi connectivity index (χ2n) is 6.82. The first-order chi connectivity index (χ1) is 12.1. The summed E-state index contributed by atoms with van der Waals surface area (Å²) >= 11 is 0. The van der Waals surface area contributed by atoms with E-state index in [-0.39, 0.29) is 11.7 Å². The minimum atomic E-state index is -0.695. The molecule has 0 saturated carbocycles. The van der Waals surface area contributed by atoms with Gasteiger partial charge >= 0.3 is 5.97 Å². The van der Waals surface area contributed by atoms with Gasteiger partial charge in [-0.3, -0.25) is 9.69 Å². The van der Waals surface area contributed by atoms with E-state index in [4.69, 9.17) is 9.84 Å². The third-order valence-corrected chi connectivity index (χ3v) is 5.18. The molecule has 1 N–H and O–H groups in total. The lowest BCUT2D eigenvalue weighted by Gasteiger charge is -2.41. The first kappa shape index (κ1) is 16.1. The lowest BCUT2D eigenvalue weighted by molar-refractivity contribution is -0.148. The van der Waals surface area contributed by atoms with E-state index in [0.29, 0.717) is 25.7 Å². The number of hydrogen-bond acceptors (Lipinski definition) is 3. The number of aryl methyl sites for hydroxylation is 1. The van der Waals surface area contributed by atoms with Crippen molar-refractivity contribution >= 4 is 5.97 Å². The molecule has 0 aromatic heterocycles. The average Bonchev–Trinajstić information content (AvgIpc) is 2.96. The van der Waals surface area contributed by atoms with Gasteiger partial charge in [0.2, 0.25) is 0 Å². The standard InChI is InChI=1S/C20H20FNO3/c21-16-4-1-13(2-5-16)12-25-17-6-7-18-14(9-17)3-8-19(18)22-10-15(11-22)20(23)24/h1-2,4-7,9,15,19H,3,8,10-12H2,(H,23,24). The Labute approximate surface area is 145 Å². The molecule has 1 unspecified atom stereocenters. The summed E-state index contributed by atoms with van der Waals surface area (Å²) in [5, 5.41) is 9.03. The van der Waals surface area contributed by atoms with Crippen LogP contribution in [0.5, 0.6) is 5.75 Å². The topological polar surface area (TPSA) is 49.8 Å². The van der Waals surface area contributed by atoms with Crippen LogP contribution < -0.4 is 4.74 Å². The van der Waals surface area contributed by atoms with E-state index in [1.54, 1.807) is 12.1 Å². The van der Waals surface area contributed by atoms with Gasteiger partial charge in [-0.2, -0.15) is 0 Å². The van der Waals surface area contributed by atoms with Crippen molar-refractivity contribution in [1.82, 2.24) is 4.90 Å². The summed E-state index contributed by atoms with van der Waals surface area (Å²) in [7, 11) is 0. The number of aliphatic carboxylic acids is 1. The number of rotatable bonds is 5. The van der Waals surface area contributed by atoms with Crippen LogP contribution in [0.2, 0.25) is 0 Å². The lowest BCUT2D eigenvalue weighted by atomic mass is 9.95. The van der Waals surface area contributed by atoms with Crippen molar-refractivity contribution in [3.8, 4) is 5.75 Å². The summed E-state index contributed by atoms with van der Waals surface area (Å²) < 4.78 is 18.8. The zero-order valence-corrected chi connectivity index (χ0v) is 13.8. The van der Waals surface area contributed by atoms with Crippen molar-refractivity contribution < 1.29 is 19.0 Å². The Morgan fingerprint density at radius 2 is 1.96 bits per heavy atom. The maximum absolute atomic E-state index is 12.9. The van der Waals surface area contributed by atoms with Gasteiger partial charge in [-0.05, 0) is 53.8 Å². The van der Waals surface area contributed by atoms with E-state index in [0.717, 1.165) is 24.2 Å². The Hall–Kier alpha value is -2.40. The van der Waals surface area contributed by atoms with Crippen LogP contribution in [0.15, 0.2) is 42.5 Å².